The van der Waals surface area contributed by atoms with Crippen LogP contribution in [0.25, 0.3) is 0 Å². The smallest absolute Gasteiger partial charge is 0.185 e. The van der Waals surface area contributed by atoms with E-state index in [0.29, 0.717) is 12.1 Å². The maximum Gasteiger partial charge on any atom is 0.185 e. The summed E-state index contributed by atoms with van der Waals surface area (Å²) < 4.78 is 5.63. The second-order valence-corrected chi connectivity index (χ2v) is 5.89. The number of aromatic nitrogens is 1. The van der Waals surface area contributed by atoms with E-state index < -0.39 is 0 Å². The fourth-order valence-corrected chi connectivity index (χ4v) is 3.39. The molecule has 2 atom stereocenters. The van der Waals surface area contributed by atoms with Crippen molar-refractivity contribution in [2.24, 2.45) is 0 Å². The zero-order chi connectivity index (χ0) is 13.1. The summed E-state index contributed by atoms with van der Waals surface area (Å²) in [5, 5.41) is 4.48. The van der Waals surface area contributed by atoms with Gasteiger partial charge in [-0.05, 0) is 26.8 Å². The molecule has 0 spiro atoms. The van der Waals surface area contributed by atoms with Gasteiger partial charge < -0.3 is 15.0 Å². The van der Waals surface area contributed by atoms with Gasteiger partial charge in [0.1, 0.15) is 0 Å². The first-order valence-electron chi connectivity index (χ1n) is 6.65. The van der Waals surface area contributed by atoms with Crippen molar-refractivity contribution in [1.82, 2.24) is 10.3 Å². The van der Waals surface area contributed by atoms with E-state index >= 15 is 0 Å². The van der Waals surface area contributed by atoms with Gasteiger partial charge in [0.05, 0.1) is 17.8 Å². The van der Waals surface area contributed by atoms with E-state index in [2.05, 4.69) is 38.0 Å². The second kappa shape index (κ2) is 5.99. The van der Waals surface area contributed by atoms with E-state index in [1.54, 1.807) is 11.3 Å². The Bertz CT molecular complexity index is 394. The van der Waals surface area contributed by atoms with Gasteiger partial charge >= 0.3 is 0 Å². The Labute approximate surface area is 113 Å². The van der Waals surface area contributed by atoms with Gasteiger partial charge in [-0.2, -0.15) is 0 Å². The number of hydrogen-bond acceptors (Lipinski definition) is 5. The predicted octanol–water partition coefficient (Wildman–Crippen LogP) is 2.17. The Morgan fingerprint density at radius 1 is 1.56 bits per heavy atom. The number of thiazole rings is 1. The lowest BCUT2D eigenvalue weighted by atomic mass is 10.1. The van der Waals surface area contributed by atoms with Crippen LogP contribution in [-0.2, 0) is 11.3 Å². The highest BCUT2D eigenvalue weighted by atomic mass is 32.1. The number of likely N-dealkylation sites (N-methyl/N-ethyl adjacent to an activating group) is 1. The molecule has 0 amide bonds. The average Bonchev–Trinajstić information content (AvgIpc) is 2.92. The fourth-order valence-electron chi connectivity index (χ4n) is 2.34. The minimum absolute atomic E-state index is 0.302. The van der Waals surface area contributed by atoms with Crippen LogP contribution in [0.2, 0.25) is 0 Å². The quantitative estimate of drug-likeness (QED) is 0.889. The number of aryl methyl sites for hydroxylation is 1. The first-order chi connectivity index (χ1) is 8.63. The zero-order valence-electron chi connectivity index (χ0n) is 11.7. The van der Waals surface area contributed by atoms with Crippen LogP contribution in [0, 0.1) is 6.92 Å². The lowest BCUT2D eigenvalue weighted by molar-refractivity contribution is 0.118. The summed E-state index contributed by atoms with van der Waals surface area (Å²) in [4.78, 5) is 8.31. The fraction of sp³-hybridized carbons (Fsp3) is 0.769. The molecule has 102 valence electrons. The molecule has 1 aliphatic heterocycles. The molecule has 4 nitrogen and oxygen atoms in total. The highest BCUT2D eigenvalue weighted by Crippen LogP contribution is 2.30. The molecule has 1 fully saturated rings. The normalized spacial score (nSPS) is 23.6. The molecule has 1 saturated heterocycles. The van der Waals surface area contributed by atoms with Gasteiger partial charge in [-0.15, -0.1) is 11.3 Å². The van der Waals surface area contributed by atoms with Crippen molar-refractivity contribution in [1.29, 1.82) is 0 Å². The molecule has 1 aromatic heterocycles. The molecule has 0 aliphatic carbocycles. The standard InChI is InChI=1S/C13H23N3OS/c1-5-14-8-12-9(2)15-13(18-12)16(4)11-6-7-17-10(11)3/h10-11,14H,5-8H2,1-4H3. The third kappa shape index (κ3) is 2.84. The topological polar surface area (TPSA) is 37.4 Å². The first-order valence-corrected chi connectivity index (χ1v) is 7.46. The van der Waals surface area contributed by atoms with Crippen LogP contribution in [0.5, 0.6) is 0 Å². The number of nitrogens with one attached hydrogen (secondary N) is 1. The Balaban J connectivity index is 2.08. The van der Waals surface area contributed by atoms with Crippen LogP contribution in [0.15, 0.2) is 0 Å². The van der Waals surface area contributed by atoms with Crippen molar-refractivity contribution in [3.8, 4) is 0 Å². The molecule has 18 heavy (non-hydrogen) atoms. The minimum atomic E-state index is 0.302. The Morgan fingerprint density at radius 2 is 2.33 bits per heavy atom. The molecule has 0 radical (unpaired) electrons. The summed E-state index contributed by atoms with van der Waals surface area (Å²) >= 11 is 1.79. The van der Waals surface area contributed by atoms with Crippen LogP contribution in [-0.4, -0.2) is 37.3 Å². The van der Waals surface area contributed by atoms with Crippen LogP contribution < -0.4 is 10.2 Å². The van der Waals surface area contributed by atoms with Crippen molar-refractivity contribution in [2.75, 3.05) is 25.1 Å². The third-order valence-corrected chi connectivity index (χ3v) is 4.80. The maximum absolute atomic E-state index is 5.63. The highest BCUT2D eigenvalue weighted by molar-refractivity contribution is 7.15. The van der Waals surface area contributed by atoms with Crippen molar-refractivity contribution in [3.63, 3.8) is 0 Å². The average molecular weight is 269 g/mol. The van der Waals surface area contributed by atoms with Crippen molar-refractivity contribution in [3.05, 3.63) is 10.6 Å². The molecular weight excluding hydrogens is 246 g/mol. The Hall–Kier alpha value is -0.650. The molecule has 1 aliphatic rings. The SMILES string of the molecule is CCNCc1sc(N(C)C2CCOC2C)nc1C. The van der Waals surface area contributed by atoms with Crippen LogP contribution in [0.1, 0.15) is 30.8 Å². The van der Waals surface area contributed by atoms with E-state index in [1.807, 2.05) is 0 Å². The summed E-state index contributed by atoms with van der Waals surface area (Å²) in [5.74, 6) is 0. The lowest BCUT2D eigenvalue weighted by Gasteiger charge is -2.26. The van der Waals surface area contributed by atoms with Gasteiger partial charge in [0.2, 0.25) is 0 Å². The zero-order valence-corrected chi connectivity index (χ0v) is 12.5. The minimum Gasteiger partial charge on any atom is -0.376 e. The largest absolute Gasteiger partial charge is 0.376 e. The van der Waals surface area contributed by atoms with Gasteiger partial charge in [0.25, 0.3) is 0 Å². The number of rotatable bonds is 5. The van der Waals surface area contributed by atoms with E-state index in [-0.39, 0.29) is 0 Å². The van der Waals surface area contributed by atoms with Crippen molar-refractivity contribution < 1.29 is 4.74 Å². The maximum atomic E-state index is 5.63. The number of ether oxygens (including phenoxy) is 1. The summed E-state index contributed by atoms with van der Waals surface area (Å²) in [7, 11) is 2.13. The first kappa shape index (κ1) is 13.8. The van der Waals surface area contributed by atoms with Crippen molar-refractivity contribution in [2.45, 2.75) is 45.9 Å². The summed E-state index contributed by atoms with van der Waals surface area (Å²) in [5.41, 5.74) is 1.15. The second-order valence-electron chi connectivity index (χ2n) is 4.83. The summed E-state index contributed by atoms with van der Waals surface area (Å²) in [6.07, 6.45) is 1.40. The molecular formula is C13H23N3OS. The van der Waals surface area contributed by atoms with Gasteiger partial charge in [-0.3, -0.25) is 0 Å². The van der Waals surface area contributed by atoms with Crippen LogP contribution in [0.4, 0.5) is 5.13 Å². The molecule has 0 aromatic carbocycles. The molecule has 2 heterocycles. The number of hydrogen-bond donors (Lipinski definition) is 1. The number of nitrogens with zero attached hydrogens (tertiary/aromatic N) is 2. The van der Waals surface area contributed by atoms with E-state index in [9.17, 15) is 0 Å². The Morgan fingerprint density at radius 3 is 2.94 bits per heavy atom. The molecule has 0 bridgehead atoms. The van der Waals surface area contributed by atoms with Crippen molar-refractivity contribution >= 4 is 16.5 Å². The lowest BCUT2D eigenvalue weighted by Crippen LogP contribution is -2.36. The van der Waals surface area contributed by atoms with E-state index in [0.717, 1.165) is 36.9 Å². The van der Waals surface area contributed by atoms with E-state index in [1.165, 1.54) is 4.88 Å². The summed E-state index contributed by atoms with van der Waals surface area (Å²) in [6.45, 7) is 9.15. The van der Waals surface area contributed by atoms with Crippen LogP contribution >= 0.6 is 11.3 Å². The molecule has 0 saturated carbocycles. The van der Waals surface area contributed by atoms with Gasteiger partial charge in [-0.1, -0.05) is 6.92 Å². The molecule has 1 aromatic rings. The number of anilines is 1. The van der Waals surface area contributed by atoms with E-state index in [4.69, 9.17) is 9.72 Å². The van der Waals surface area contributed by atoms with Crippen LogP contribution in [0.3, 0.4) is 0 Å². The van der Waals surface area contributed by atoms with Gasteiger partial charge in [-0.25, -0.2) is 4.98 Å². The summed E-state index contributed by atoms with van der Waals surface area (Å²) in [6, 6.07) is 0.461. The molecule has 2 unspecified atom stereocenters. The molecule has 5 heteroatoms. The highest BCUT2D eigenvalue weighted by Gasteiger charge is 2.29. The van der Waals surface area contributed by atoms with Gasteiger partial charge in [0.15, 0.2) is 5.13 Å². The molecule has 1 N–H and O–H groups in total. The monoisotopic (exact) mass is 269 g/mol. The third-order valence-electron chi connectivity index (χ3n) is 3.55. The predicted molar refractivity (Wildman–Crippen MR) is 76.5 cm³/mol. The molecule has 2 rings (SSSR count). The Kier molecular flexibility index (Phi) is 4.59. The van der Waals surface area contributed by atoms with Gasteiger partial charge in [0, 0.05) is 25.1 Å².